The maximum Gasteiger partial charge on any atom is 0.320 e. The highest BCUT2D eigenvalue weighted by Gasteiger charge is 2.82. The van der Waals surface area contributed by atoms with Gasteiger partial charge in [0, 0.05) is 6.42 Å². The molecule has 2 saturated carbocycles. The van der Waals surface area contributed by atoms with Gasteiger partial charge in [0.05, 0.1) is 19.3 Å². The summed E-state index contributed by atoms with van der Waals surface area (Å²) >= 11 is 0. The molecule has 6 nitrogen and oxygen atoms in total. The van der Waals surface area contributed by atoms with Crippen LogP contribution in [0.3, 0.4) is 0 Å². The number of esters is 1. The number of ether oxygens (including phenoxy) is 4. The van der Waals surface area contributed by atoms with E-state index in [1.165, 1.54) is 10.4 Å². The minimum Gasteiger partial charge on any atom is -0.448 e. The Balaban J connectivity index is 1.30. The van der Waals surface area contributed by atoms with Crippen LogP contribution in [0.15, 0.2) is 84.5 Å². The van der Waals surface area contributed by atoms with Gasteiger partial charge in [-0.15, -0.1) is 0 Å². The normalized spacial score (nSPS) is 36.9. The second-order valence-corrected chi connectivity index (χ2v) is 17.5. The van der Waals surface area contributed by atoms with Crippen molar-refractivity contribution >= 4 is 24.7 Å². The van der Waals surface area contributed by atoms with Gasteiger partial charge in [-0.2, -0.15) is 0 Å². The molecule has 5 atom stereocenters. The van der Waals surface area contributed by atoms with Crippen molar-refractivity contribution in [3.8, 4) is 0 Å². The average molecular weight is 557 g/mol. The minimum absolute atomic E-state index is 0.205. The molecule has 7 aliphatic rings. The molecule has 2 aromatic carbocycles. The standard InChI is InChI=1S/C33H36O6Si/c1-29(2,3)40(24-10-6-4-7-11-24,25-12-8-5-9-13-25)39-27-15-14-23-22-30-18-19-32(35-20-21-36-32)31(30)17-16-26(37-31)33(23,27)38-28(30)34/h4-13,16-17,22,26-27H,14-15,18-21H2,1-3H3/t26-,27+,30+,31+,33+/m0/s1. The fraction of sp³-hybridized carbons (Fsp3) is 0.485. The van der Waals surface area contributed by atoms with Gasteiger partial charge in [-0.05, 0) is 46.3 Å². The number of hydrogen-bond donors (Lipinski definition) is 0. The topological polar surface area (TPSA) is 63.2 Å². The molecule has 0 unspecified atom stereocenters. The van der Waals surface area contributed by atoms with E-state index < -0.39 is 36.8 Å². The molecular weight excluding hydrogens is 520 g/mol. The number of benzene rings is 2. The van der Waals surface area contributed by atoms with E-state index in [0.29, 0.717) is 26.1 Å². The zero-order valence-corrected chi connectivity index (χ0v) is 24.4. The maximum atomic E-state index is 14.3. The molecule has 4 fully saturated rings. The Kier molecular flexibility index (Phi) is 5.06. The summed E-state index contributed by atoms with van der Waals surface area (Å²) in [7, 11) is -2.92. The Morgan fingerprint density at radius 3 is 2.20 bits per heavy atom. The predicted molar refractivity (Wildman–Crippen MR) is 152 cm³/mol. The van der Waals surface area contributed by atoms with Crippen molar-refractivity contribution in [1.29, 1.82) is 0 Å². The van der Waals surface area contributed by atoms with E-state index >= 15 is 0 Å². The lowest BCUT2D eigenvalue weighted by atomic mass is 9.68. The summed E-state index contributed by atoms with van der Waals surface area (Å²) in [6.07, 6.45) is 8.24. The molecule has 2 saturated heterocycles. The van der Waals surface area contributed by atoms with Crippen LogP contribution in [0.25, 0.3) is 0 Å². The number of rotatable bonds is 4. The molecule has 4 spiro atoms. The van der Waals surface area contributed by atoms with Crippen molar-refractivity contribution in [1.82, 2.24) is 0 Å². The lowest BCUT2D eigenvalue weighted by Gasteiger charge is -2.49. The SMILES string of the molecule is CC(C)(C)[Si](O[C@@H]1CCC2=C[C@@]34CCC5(OCCO5)[C@@]35C=C[C@H](O5)[C@]21OC4=O)(c1ccccc1)c1ccccc1. The van der Waals surface area contributed by atoms with Gasteiger partial charge in [-0.1, -0.05) is 93.6 Å². The first-order valence-corrected chi connectivity index (χ1v) is 16.5. The molecule has 40 heavy (non-hydrogen) atoms. The van der Waals surface area contributed by atoms with Crippen molar-refractivity contribution in [3.05, 3.63) is 84.5 Å². The Morgan fingerprint density at radius 2 is 1.57 bits per heavy atom. The summed E-state index contributed by atoms with van der Waals surface area (Å²) in [6.45, 7) is 7.83. The van der Waals surface area contributed by atoms with Gasteiger partial charge in [-0.3, -0.25) is 4.79 Å². The summed E-state index contributed by atoms with van der Waals surface area (Å²) < 4.78 is 33.9. The Hall–Kier alpha value is -2.55. The number of fused-ring (bicyclic) bond motifs is 1. The van der Waals surface area contributed by atoms with Crippen molar-refractivity contribution in [3.63, 3.8) is 0 Å². The molecule has 4 bridgehead atoms. The van der Waals surface area contributed by atoms with E-state index in [1.807, 2.05) is 0 Å². The smallest absolute Gasteiger partial charge is 0.320 e. The largest absolute Gasteiger partial charge is 0.448 e. The second kappa shape index (κ2) is 8.05. The van der Waals surface area contributed by atoms with Crippen molar-refractivity contribution in [2.24, 2.45) is 5.41 Å². The molecule has 208 valence electrons. The molecule has 2 aliphatic carbocycles. The van der Waals surface area contributed by atoms with Gasteiger partial charge in [0.25, 0.3) is 8.32 Å². The Morgan fingerprint density at radius 1 is 0.925 bits per heavy atom. The van der Waals surface area contributed by atoms with Crippen LogP contribution in [-0.2, 0) is 28.2 Å². The molecule has 5 aliphatic heterocycles. The molecule has 0 aromatic heterocycles. The number of carbonyl (C=O) groups excluding carboxylic acids is 1. The molecule has 9 rings (SSSR count). The summed E-state index contributed by atoms with van der Waals surface area (Å²) in [4.78, 5) is 14.3. The molecule has 7 heteroatoms. The van der Waals surface area contributed by atoms with Gasteiger partial charge in [-0.25, -0.2) is 0 Å². The van der Waals surface area contributed by atoms with Crippen molar-refractivity contribution in [2.75, 3.05) is 13.2 Å². The van der Waals surface area contributed by atoms with Crippen LogP contribution in [0.2, 0.25) is 5.04 Å². The van der Waals surface area contributed by atoms with E-state index in [0.717, 1.165) is 18.4 Å². The van der Waals surface area contributed by atoms with Gasteiger partial charge in [0.15, 0.2) is 11.2 Å². The summed E-state index contributed by atoms with van der Waals surface area (Å²) in [5.41, 5.74) is -1.87. The zero-order chi connectivity index (χ0) is 27.4. The first-order chi connectivity index (χ1) is 19.2. The predicted octanol–water partition coefficient (Wildman–Crippen LogP) is 4.18. The molecule has 2 aromatic rings. The van der Waals surface area contributed by atoms with E-state index in [4.69, 9.17) is 23.4 Å². The van der Waals surface area contributed by atoms with Crippen LogP contribution in [0.5, 0.6) is 0 Å². The van der Waals surface area contributed by atoms with E-state index in [1.54, 1.807) is 0 Å². The van der Waals surface area contributed by atoms with Gasteiger partial charge >= 0.3 is 5.97 Å². The number of carbonyl (C=O) groups is 1. The Bertz CT molecular complexity index is 1380. The van der Waals surface area contributed by atoms with Gasteiger partial charge in [0.2, 0.25) is 5.79 Å². The fourth-order valence-corrected chi connectivity index (χ4v) is 13.6. The Labute approximate surface area is 236 Å². The van der Waals surface area contributed by atoms with Crippen molar-refractivity contribution < 1.29 is 28.2 Å². The van der Waals surface area contributed by atoms with E-state index in [2.05, 4.69) is 99.7 Å². The highest BCUT2D eigenvalue weighted by atomic mass is 28.4. The fourth-order valence-electron chi connectivity index (χ4n) is 8.82. The highest BCUT2D eigenvalue weighted by molar-refractivity contribution is 6.99. The molecule has 0 radical (unpaired) electrons. The van der Waals surface area contributed by atoms with Crippen LogP contribution < -0.4 is 10.4 Å². The van der Waals surface area contributed by atoms with E-state index in [-0.39, 0.29) is 17.1 Å². The van der Waals surface area contributed by atoms with E-state index in [9.17, 15) is 4.79 Å². The molecule has 0 N–H and O–H groups in total. The zero-order valence-electron chi connectivity index (χ0n) is 23.4. The monoisotopic (exact) mass is 556 g/mol. The third-order valence-electron chi connectivity index (χ3n) is 10.5. The van der Waals surface area contributed by atoms with Crippen LogP contribution in [-0.4, -0.2) is 56.7 Å². The molecule has 0 amide bonds. The van der Waals surface area contributed by atoms with Crippen LogP contribution in [0, 0.1) is 5.41 Å². The lowest BCUT2D eigenvalue weighted by Crippen LogP contribution is -2.70. The summed E-state index contributed by atoms with van der Waals surface area (Å²) in [5, 5.41) is 2.21. The average Bonchev–Trinajstić information content (AvgIpc) is 3.71. The molecule has 5 heterocycles. The van der Waals surface area contributed by atoms with Gasteiger partial charge < -0.3 is 23.4 Å². The number of hydrogen-bond acceptors (Lipinski definition) is 6. The highest BCUT2D eigenvalue weighted by Crippen LogP contribution is 2.69. The third kappa shape index (κ3) is 2.76. The lowest BCUT2D eigenvalue weighted by molar-refractivity contribution is -0.267. The first kappa shape index (κ1) is 25.2. The first-order valence-electron chi connectivity index (χ1n) is 14.6. The van der Waals surface area contributed by atoms with Crippen LogP contribution in [0.4, 0.5) is 0 Å². The van der Waals surface area contributed by atoms with Crippen LogP contribution >= 0.6 is 0 Å². The third-order valence-corrected chi connectivity index (χ3v) is 15.6. The summed E-state index contributed by atoms with van der Waals surface area (Å²) in [6, 6.07) is 21.3. The van der Waals surface area contributed by atoms with Gasteiger partial charge in [0.1, 0.15) is 11.5 Å². The quantitative estimate of drug-likeness (QED) is 0.320. The summed E-state index contributed by atoms with van der Waals surface area (Å²) in [5.74, 6) is -1.20. The maximum absolute atomic E-state index is 14.3. The minimum atomic E-state index is -2.92. The van der Waals surface area contributed by atoms with Crippen LogP contribution in [0.1, 0.15) is 46.5 Å². The van der Waals surface area contributed by atoms with Crippen molar-refractivity contribution in [2.45, 2.75) is 80.7 Å². The second-order valence-electron chi connectivity index (χ2n) is 13.2. The molecular formula is C33H36O6Si.